The van der Waals surface area contributed by atoms with Gasteiger partial charge in [0.15, 0.2) is 5.78 Å². The van der Waals surface area contributed by atoms with E-state index in [1.807, 2.05) is 38.1 Å². The minimum absolute atomic E-state index is 0.220. The van der Waals surface area contributed by atoms with Crippen molar-refractivity contribution in [1.29, 1.82) is 0 Å². The second kappa shape index (κ2) is 16.4. The Morgan fingerprint density at radius 2 is 1.38 bits per heavy atom. The molecule has 2 fully saturated rings. The largest absolute Gasteiger partial charge is 0.494 e. The van der Waals surface area contributed by atoms with Crippen LogP contribution in [0.15, 0.2) is 24.3 Å². The summed E-state index contributed by atoms with van der Waals surface area (Å²) in [6, 6.07) is 7.67. The molecule has 0 saturated carbocycles. The molecule has 1 aromatic rings. The zero-order valence-corrected chi connectivity index (χ0v) is 19.4. The molecule has 29 heavy (non-hydrogen) atoms. The molecule has 0 unspecified atom stereocenters. The molecular weight excluding hydrogens is 360 g/mol. The fourth-order valence-corrected chi connectivity index (χ4v) is 3.63. The lowest BCUT2D eigenvalue weighted by Crippen LogP contribution is -2.34. The zero-order valence-electron chi connectivity index (χ0n) is 19.4. The molecule has 3 rings (SSSR count). The first-order valence-electron chi connectivity index (χ1n) is 11.9. The molecule has 166 valence electrons. The van der Waals surface area contributed by atoms with Crippen LogP contribution in [0.1, 0.15) is 83.0 Å². The van der Waals surface area contributed by atoms with Crippen LogP contribution in [0.5, 0.6) is 5.75 Å². The van der Waals surface area contributed by atoms with Crippen molar-refractivity contribution in [2.45, 2.75) is 72.6 Å². The van der Waals surface area contributed by atoms with E-state index in [1.54, 1.807) is 0 Å². The third kappa shape index (κ3) is 10.8. The highest BCUT2D eigenvalue weighted by Crippen LogP contribution is 2.15. The third-order valence-corrected chi connectivity index (χ3v) is 5.08. The minimum atomic E-state index is 0.220. The number of carbonyl (C=O) groups is 1. The number of Topliss-reactive ketones (excluding diaryl/α,β-unsaturated/α-hetero) is 1. The molecule has 1 aromatic carbocycles. The molecule has 2 aliphatic rings. The van der Waals surface area contributed by atoms with Crippen LogP contribution >= 0.6 is 0 Å². The second-order valence-electron chi connectivity index (χ2n) is 7.74. The molecule has 4 heteroatoms. The Hall–Kier alpha value is -1.39. The van der Waals surface area contributed by atoms with E-state index in [2.05, 4.69) is 23.6 Å². The van der Waals surface area contributed by atoms with Crippen molar-refractivity contribution in [3.63, 3.8) is 0 Å². The Kier molecular flexibility index (Phi) is 14.5. The van der Waals surface area contributed by atoms with Crippen LogP contribution in [-0.4, -0.2) is 61.5 Å². The average Bonchev–Trinajstić information content (AvgIpc) is 3.28. The van der Waals surface area contributed by atoms with Gasteiger partial charge in [-0.05, 0) is 82.5 Å². The van der Waals surface area contributed by atoms with Gasteiger partial charge in [0.05, 0.1) is 13.2 Å². The number of hydrogen-bond donors (Lipinski definition) is 0. The standard InChI is InChI=1S/C20H30N2O2.C3H8.C2H6/c23-20(17-22-13-2-1-3-14-22)18-7-9-19(10-8-18)24-16-6-15-21-11-4-5-12-21;1-3-2;1-2/h7-10H,1-6,11-17H2;3H2,1-2H3;1-2H3. The first kappa shape index (κ1) is 25.6. The monoisotopic (exact) mass is 404 g/mol. The summed E-state index contributed by atoms with van der Waals surface area (Å²) in [5.74, 6) is 1.09. The van der Waals surface area contributed by atoms with Gasteiger partial charge in [0, 0.05) is 12.1 Å². The lowest BCUT2D eigenvalue weighted by molar-refractivity contribution is 0.0915. The van der Waals surface area contributed by atoms with Crippen molar-refractivity contribution in [2.75, 3.05) is 45.9 Å². The molecule has 0 N–H and O–H groups in total. The highest BCUT2D eigenvalue weighted by atomic mass is 16.5. The summed E-state index contributed by atoms with van der Waals surface area (Å²) in [6.45, 7) is 15.3. The number of likely N-dealkylation sites (tertiary alicyclic amines) is 2. The van der Waals surface area contributed by atoms with E-state index in [9.17, 15) is 4.79 Å². The molecular formula is C25H44N2O2. The topological polar surface area (TPSA) is 32.8 Å². The van der Waals surface area contributed by atoms with E-state index < -0.39 is 0 Å². The highest BCUT2D eigenvalue weighted by molar-refractivity contribution is 5.97. The quantitative estimate of drug-likeness (QED) is 0.413. The van der Waals surface area contributed by atoms with Crippen LogP contribution in [0.2, 0.25) is 0 Å². The van der Waals surface area contributed by atoms with Gasteiger partial charge in [0.2, 0.25) is 0 Å². The van der Waals surface area contributed by atoms with Crippen LogP contribution in [0.4, 0.5) is 0 Å². The van der Waals surface area contributed by atoms with Crippen LogP contribution in [0.3, 0.4) is 0 Å². The molecule has 2 aliphatic heterocycles. The summed E-state index contributed by atoms with van der Waals surface area (Å²) in [7, 11) is 0. The van der Waals surface area contributed by atoms with Gasteiger partial charge in [0.25, 0.3) is 0 Å². The van der Waals surface area contributed by atoms with Gasteiger partial charge in [-0.25, -0.2) is 0 Å². The number of ketones is 1. The number of benzene rings is 1. The second-order valence-corrected chi connectivity index (χ2v) is 7.74. The van der Waals surface area contributed by atoms with Crippen molar-refractivity contribution in [3.8, 4) is 5.75 Å². The number of carbonyl (C=O) groups excluding carboxylic acids is 1. The Labute approximate surface area is 179 Å². The molecule has 0 bridgehead atoms. The molecule has 4 nitrogen and oxygen atoms in total. The SMILES string of the molecule is CC.CCC.O=C(CN1CCCCC1)c1ccc(OCCCN2CCCC2)cc1. The number of piperidine rings is 1. The van der Waals surface area contributed by atoms with E-state index in [4.69, 9.17) is 4.74 Å². The summed E-state index contributed by atoms with van der Waals surface area (Å²) in [5, 5.41) is 0. The molecule has 0 spiro atoms. The van der Waals surface area contributed by atoms with Gasteiger partial charge in [-0.2, -0.15) is 0 Å². The molecule has 2 saturated heterocycles. The molecule has 0 aliphatic carbocycles. The van der Waals surface area contributed by atoms with E-state index in [0.717, 1.165) is 44.0 Å². The van der Waals surface area contributed by atoms with Crippen molar-refractivity contribution >= 4 is 5.78 Å². The first-order valence-corrected chi connectivity index (χ1v) is 11.9. The maximum absolute atomic E-state index is 12.3. The summed E-state index contributed by atoms with van der Waals surface area (Å²) < 4.78 is 5.80. The predicted molar refractivity (Wildman–Crippen MR) is 124 cm³/mol. The fraction of sp³-hybridized carbons (Fsp3) is 0.720. The zero-order chi connectivity index (χ0) is 21.3. The van der Waals surface area contributed by atoms with E-state index in [1.165, 1.54) is 51.6 Å². The molecule has 0 atom stereocenters. The maximum Gasteiger partial charge on any atom is 0.176 e. The van der Waals surface area contributed by atoms with Crippen molar-refractivity contribution < 1.29 is 9.53 Å². The molecule has 0 aromatic heterocycles. The summed E-state index contributed by atoms with van der Waals surface area (Å²) in [4.78, 5) is 17.1. The van der Waals surface area contributed by atoms with Crippen LogP contribution in [-0.2, 0) is 0 Å². The van der Waals surface area contributed by atoms with Crippen molar-refractivity contribution in [1.82, 2.24) is 9.80 Å². The van der Waals surface area contributed by atoms with Crippen molar-refractivity contribution in [3.05, 3.63) is 29.8 Å². The van der Waals surface area contributed by atoms with Crippen LogP contribution < -0.4 is 4.74 Å². The van der Waals surface area contributed by atoms with Gasteiger partial charge in [0.1, 0.15) is 5.75 Å². The Bertz CT molecular complexity index is 518. The van der Waals surface area contributed by atoms with Gasteiger partial charge >= 0.3 is 0 Å². The Balaban J connectivity index is 0.000000771. The summed E-state index contributed by atoms with van der Waals surface area (Å²) in [5.41, 5.74) is 0.796. The smallest absolute Gasteiger partial charge is 0.176 e. The van der Waals surface area contributed by atoms with Gasteiger partial charge in [-0.15, -0.1) is 0 Å². The van der Waals surface area contributed by atoms with Gasteiger partial charge in [-0.3, -0.25) is 9.69 Å². The van der Waals surface area contributed by atoms with Crippen LogP contribution in [0.25, 0.3) is 0 Å². The van der Waals surface area contributed by atoms with Gasteiger partial charge in [-0.1, -0.05) is 40.5 Å². The Morgan fingerprint density at radius 1 is 0.862 bits per heavy atom. The van der Waals surface area contributed by atoms with E-state index >= 15 is 0 Å². The number of rotatable bonds is 8. The number of nitrogens with zero attached hydrogens (tertiary/aromatic N) is 2. The van der Waals surface area contributed by atoms with E-state index in [-0.39, 0.29) is 5.78 Å². The molecule has 2 heterocycles. The molecule has 0 radical (unpaired) electrons. The number of hydrogen-bond acceptors (Lipinski definition) is 4. The number of ether oxygens (including phenoxy) is 1. The summed E-state index contributed by atoms with van der Waals surface area (Å²) in [6.07, 6.45) is 8.74. The predicted octanol–water partition coefficient (Wildman–Crippen LogP) is 5.66. The lowest BCUT2D eigenvalue weighted by atomic mass is 10.1. The minimum Gasteiger partial charge on any atom is -0.494 e. The van der Waals surface area contributed by atoms with E-state index in [0.29, 0.717) is 6.54 Å². The maximum atomic E-state index is 12.3. The van der Waals surface area contributed by atoms with Crippen LogP contribution in [0, 0.1) is 0 Å². The molecule has 0 amide bonds. The third-order valence-electron chi connectivity index (χ3n) is 5.08. The van der Waals surface area contributed by atoms with Gasteiger partial charge < -0.3 is 9.64 Å². The fourth-order valence-electron chi connectivity index (χ4n) is 3.63. The normalized spacial score (nSPS) is 17.0. The highest BCUT2D eigenvalue weighted by Gasteiger charge is 2.15. The average molecular weight is 405 g/mol. The lowest BCUT2D eigenvalue weighted by Gasteiger charge is -2.25. The van der Waals surface area contributed by atoms with Crippen molar-refractivity contribution in [2.24, 2.45) is 0 Å². The summed E-state index contributed by atoms with van der Waals surface area (Å²) >= 11 is 0. The first-order chi connectivity index (χ1) is 14.2. The Morgan fingerprint density at radius 3 is 1.97 bits per heavy atom.